The van der Waals surface area contributed by atoms with Crippen LogP contribution >= 0.6 is 11.6 Å². The van der Waals surface area contributed by atoms with Gasteiger partial charge in [-0.2, -0.15) is 0 Å². The molecular formula is C25H24ClN5O3. The molecule has 1 atom stereocenters. The van der Waals surface area contributed by atoms with Crippen molar-refractivity contribution in [2.24, 2.45) is 0 Å². The molecule has 1 saturated heterocycles. The number of anilines is 1. The number of rotatable bonds is 4. The second kappa shape index (κ2) is 9.04. The molecule has 0 spiro atoms. The first-order valence-corrected chi connectivity index (χ1v) is 11.5. The molecule has 9 heteroatoms. The first-order valence-electron chi connectivity index (χ1n) is 11.1. The van der Waals surface area contributed by atoms with Crippen LogP contribution < -0.4 is 4.90 Å². The van der Waals surface area contributed by atoms with Gasteiger partial charge in [0.25, 0.3) is 5.91 Å². The molecule has 0 bridgehead atoms. The molecule has 5 rings (SSSR count). The Labute approximate surface area is 202 Å². The number of hydrogen-bond acceptors (Lipinski definition) is 6. The Balaban J connectivity index is 1.42. The second-order valence-electron chi connectivity index (χ2n) is 8.57. The zero-order valence-corrected chi connectivity index (χ0v) is 19.5. The molecule has 174 valence electrons. The van der Waals surface area contributed by atoms with Crippen molar-refractivity contribution in [2.45, 2.75) is 13.2 Å². The number of nitrogens with zero attached hydrogens (tertiary/aromatic N) is 5. The molecule has 1 unspecified atom stereocenters. The van der Waals surface area contributed by atoms with Gasteiger partial charge in [0, 0.05) is 49.2 Å². The number of ether oxygens (including phenoxy) is 1. The van der Waals surface area contributed by atoms with E-state index in [4.69, 9.17) is 16.3 Å². The van der Waals surface area contributed by atoms with Crippen LogP contribution in [0.2, 0.25) is 5.15 Å². The number of hydrogen-bond donors (Lipinski definition) is 0. The average molecular weight is 478 g/mol. The molecule has 2 amide bonds. The Morgan fingerprint density at radius 3 is 2.59 bits per heavy atom. The largest absolute Gasteiger partial charge is 0.420 e. The van der Waals surface area contributed by atoms with Gasteiger partial charge < -0.3 is 9.64 Å². The minimum atomic E-state index is -0.922. The number of halogens is 1. The normalized spacial score (nSPS) is 18.3. The summed E-state index contributed by atoms with van der Waals surface area (Å²) in [6.07, 6.45) is -1.38. The number of fused-ring (bicyclic) bond motifs is 2. The van der Waals surface area contributed by atoms with Crippen molar-refractivity contribution in [2.75, 3.05) is 37.6 Å². The number of piperazine rings is 1. The van der Waals surface area contributed by atoms with E-state index in [1.54, 1.807) is 35.2 Å². The highest BCUT2D eigenvalue weighted by molar-refractivity contribution is 6.29. The summed E-state index contributed by atoms with van der Waals surface area (Å²) >= 11 is 6.04. The van der Waals surface area contributed by atoms with Crippen LogP contribution in [0.4, 0.5) is 10.6 Å². The molecule has 2 aliphatic rings. The number of carbonyl (C=O) groups excluding carboxylic acids is 2. The second-order valence-corrected chi connectivity index (χ2v) is 8.96. The Morgan fingerprint density at radius 2 is 1.82 bits per heavy atom. The van der Waals surface area contributed by atoms with Gasteiger partial charge in [-0.1, -0.05) is 42.0 Å². The Kier molecular flexibility index (Phi) is 5.93. The fourth-order valence-electron chi connectivity index (χ4n) is 4.36. The van der Waals surface area contributed by atoms with E-state index in [-0.39, 0.29) is 5.91 Å². The van der Waals surface area contributed by atoms with Crippen LogP contribution in [0.1, 0.15) is 29.1 Å². The van der Waals surface area contributed by atoms with Gasteiger partial charge in [-0.3, -0.25) is 14.6 Å². The summed E-state index contributed by atoms with van der Waals surface area (Å²) in [5.74, 6) is 0.0566. The van der Waals surface area contributed by atoms with E-state index >= 15 is 0 Å². The van der Waals surface area contributed by atoms with Crippen LogP contribution in [0.5, 0.6) is 0 Å². The molecule has 0 N–H and O–H groups in total. The van der Waals surface area contributed by atoms with Gasteiger partial charge in [-0.25, -0.2) is 14.8 Å². The number of carbonyl (C=O) groups is 2. The molecular weight excluding hydrogens is 454 g/mol. The van der Waals surface area contributed by atoms with Crippen molar-refractivity contribution in [1.82, 2.24) is 19.8 Å². The van der Waals surface area contributed by atoms with Crippen LogP contribution in [0, 0.1) is 0 Å². The first-order chi connectivity index (χ1) is 16.4. The molecule has 34 heavy (non-hydrogen) atoms. The van der Waals surface area contributed by atoms with Crippen molar-refractivity contribution >= 4 is 40.5 Å². The van der Waals surface area contributed by atoms with Crippen LogP contribution in [0.25, 0.3) is 11.0 Å². The lowest BCUT2D eigenvalue weighted by Gasteiger charge is -2.35. The van der Waals surface area contributed by atoms with Gasteiger partial charge in [0.05, 0.1) is 0 Å². The van der Waals surface area contributed by atoms with Crippen LogP contribution in [-0.4, -0.2) is 64.5 Å². The van der Waals surface area contributed by atoms with Gasteiger partial charge in [-0.05, 0) is 37.3 Å². The summed E-state index contributed by atoms with van der Waals surface area (Å²) in [6.45, 7) is 9.34. The maximum atomic E-state index is 13.3. The van der Waals surface area contributed by atoms with E-state index < -0.39 is 12.3 Å². The number of aromatic nitrogens is 2. The number of amides is 2. The Morgan fingerprint density at radius 1 is 1.09 bits per heavy atom. The average Bonchev–Trinajstić information content (AvgIpc) is 3.10. The van der Waals surface area contributed by atoms with Crippen molar-refractivity contribution in [3.05, 3.63) is 77.0 Å². The summed E-state index contributed by atoms with van der Waals surface area (Å²) in [7, 11) is 0. The SMILES string of the molecule is C=C(C)CN1CCN(C(=O)OC2c3ccccc3C(=O)N2c2ccc3ccc(Cl)nc3n2)CC1. The van der Waals surface area contributed by atoms with Crippen molar-refractivity contribution in [1.29, 1.82) is 0 Å². The highest BCUT2D eigenvalue weighted by Crippen LogP contribution is 2.38. The van der Waals surface area contributed by atoms with Crippen LogP contribution in [-0.2, 0) is 4.74 Å². The van der Waals surface area contributed by atoms with E-state index in [0.29, 0.717) is 40.8 Å². The summed E-state index contributed by atoms with van der Waals surface area (Å²) in [5.41, 5.74) is 2.61. The third-order valence-electron chi connectivity index (χ3n) is 6.00. The third-order valence-corrected chi connectivity index (χ3v) is 6.21. The number of pyridine rings is 2. The zero-order chi connectivity index (χ0) is 23.8. The molecule has 1 aromatic carbocycles. The molecule has 0 radical (unpaired) electrons. The molecule has 0 aliphatic carbocycles. The fraction of sp³-hybridized carbons (Fsp3) is 0.280. The van der Waals surface area contributed by atoms with Crippen LogP contribution in [0.15, 0.2) is 60.7 Å². The summed E-state index contributed by atoms with van der Waals surface area (Å²) < 4.78 is 5.94. The molecule has 2 aromatic heterocycles. The predicted octanol–water partition coefficient (Wildman–Crippen LogP) is 4.27. The van der Waals surface area contributed by atoms with E-state index in [9.17, 15) is 9.59 Å². The minimum Gasteiger partial charge on any atom is -0.420 e. The molecule has 3 aromatic rings. The lowest BCUT2D eigenvalue weighted by Crippen LogP contribution is -2.49. The summed E-state index contributed by atoms with van der Waals surface area (Å²) in [6, 6.07) is 14.2. The fourth-order valence-corrected chi connectivity index (χ4v) is 4.51. The molecule has 8 nitrogen and oxygen atoms in total. The van der Waals surface area contributed by atoms with E-state index in [2.05, 4.69) is 21.4 Å². The lowest BCUT2D eigenvalue weighted by atomic mass is 10.1. The highest BCUT2D eigenvalue weighted by Gasteiger charge is 2.42. The summed E-state index contributed by atoms with van der Waals surface area (Å²) in [4.78, 5) is 40.6. The lowest BCUT2D eigenvalue weighted by molar-refractivity contribution is 0.0470. The molecule has 4 heterocycles. The van der Waals surface area contributed by atoms with Crippen molar-refractivity contribution < 1.29 is 14.3 Å². The minimum absolute atomic E-state index is 0.284. The van der Waals surface area contributed by atoms with Gasteiger partial charge in [0.2, 0.25) is 6.23 Å². The van der Waals surface area contributed by atoms with Crippen molar-refractivity contribution in [3.8, 4) is 0 Å². The molecule has 2 aliphatic heterocycles. The molecule has 1 fully saturated rings. The van der Waals surface area contributed by atoms with E-state index in [1.807, 2.05) is 25.1 Å². The topological polar surface area (TPSA) is 78.9 Å². The monoisotopic (exact) mass is 477 g/mol. The standard InChI is InChI=1S/C25H24ClN5O3/c1-16(2)15-29-11-13-30(14-12-29)25(33)34-24-19-6-4-3-5-18(19)23(32)31(24)21-10-8-17-7-9-20(26)27-22(17)28-21/h3-10,24H,1,11-15H2,2H3. The highest BCUT2D eigenvalue weighted by atomic mass is 35.5. The van der Waals surface area contributed by atoms with Crippen LogP contribution in [0.3, 0.4) is 0 Å². The van der Waals surface area contributed by atoms with E-state index in [1.165, 1.54) is 4.90 Å². The van der Waals surface area contributed by atoms with E-state index in [0.717, 1.165) is 30.6 Å². The van der Waals surface area contributed by atoms with Crippen molar-refractivity contribution in [3.63, 3.8) is 0 Å². The first kappa shape index (κ1) is 22.3. The third kappa shape index (κ3) is 4.22. The Bertz CT molecular complexity index is 1290. The maximum Gasteiger partial charge on any atom is 0.412 e. The zero-order valence-electron chi connectivity index (χ0n) is 18.8. The predicted molar refractivity (Wildman–Crippen MR) is 130 cm³/mol. The van der Waals surface area contributed by atoms with Gasteiger partial charge >= 0.3 is 6.09 Å². The van der Waals surface area contributed by atoms with Gasteiger partial charge in [0.1, 0.15) is 11.0 Å². The number of benzene rings is 1. The molecule has 0 saturated carbocycles. The van der Waals surface area contributed by atoms with Gasteiger partial charge in [0.15, 0.2) is 5.65 Å². The summed E-state index contributed by atoms with van der Waals surface area (Å²) in [5, 5.41) is 1.10. The van der Waals surface area contributed by atoms with Gasteiger partial charge in [-0.15, -0.1) is 0 Å². The smallest absolute Gasteiger partial charge is 0.412 e. The Hall–Kier alpha value is -3.49. The quantitative estimate of drug-likeness (QED) is 0.412. The maximum absolute atomic E-state index is 13.3.